The highest BCUT2D eigenvalue weighted by molar-refractivity contribution is 5.30. The molecule has 0 bridgehead atoms. The lowest BCUT2D eigenvalue weighted by molar-refractivity contribution is 0.0475. The Kier molecular flexibility index (Phi) is 4.82. The first kappa shape index (κ1) is 15.5. The molecule has 0 radical (unpaired) electrons. The Bertz CT molecular complexity index is 462. The summed E-state index contributed by atoms with van der Waals surface area (Å²) in [7, 11) is 0. The predicted octanol–water partition coefficient (Wildman–Crippen LogP) is 3.84. The van der Waals surface area contributed by atoms with Gasteiger partial charge in [0.2, 0.25) is 0 Å². The van der Waals surface area contributed by atoms with Crippen LogP contribution < -0.4 is 5.32 Å². The van der Waals surface area contributed by atoms with Gasteiger partial charge in [-0.05, 0) is 56.5 Å². The van der Waals surface area contributed by atoms with E-state index in [0.717, 1.165) is 17.7 Å². The Labute approximate surface area is 121 Å². The third-order valence-electron chi connectivity index (χ3n) is 4.70. The largest absolute Gasteiger partial charge is 0.375 e. The summed E-state index contributed by atoms with van der Waals surface area (Å²) in [6.07, 6.45) is 0.441. The lowest BCUT2D eigenvalue weighted by Gasteiger charge is -2.31. The third-order valence-corrected chi connectivity index (χ3v) is 4.70. The Hall–Kier alpha value is -0.930. The average Bonchev–Trinajstić information content (AvgIpc) is 2.64. The average molecular weight is 279 g/mol. The number of hydrogen-bond acceptors (Lipinski definition) is 2. The van der Waals surface area contributed by atoms with Crippen LogP contribution in [0.3, 0.4) is 0 Å². The van der Waals surface area contributed by atoms with Gasteiger partial charge in [-0.1, -0.05) is 19.9 Å². The van der Waals surface area contributed by atoms with E-state index in [9.17, 15) is 4.39 Å². The molecule has 1 heterocycles. The van der Waals surface area contributed by atoms with E-state index < -0.39 is 0 Å². The van der Waals surface area contributed by atoms with Gasteiger partial charge in [0, 0.05) is 12.0 Å². The van der Waals surface area contributed by atoms with E-state index in [-0.39, 0.29) is 24.1 Å². The molecule has 1 aromatic carbocycles. The molecule has 0 aliphatic carbocycles. The number of nitrogens with one attached hydrogen (secondary N) is 1. The molecule has 5 atom stereocenters. The van der Waals surface area contributed by atoms with Gasteiger partial charge in [0.25, 0.3) is 0 Å². The van der Waals surface area contributed by atoms with Crippen LogP contribution in [0.25, 0.3) is 0 Å². The Morgan fingerprint density at radius 3 is 2.50 bits per heavy atom. The van der Waals surface area contributed by atoms with Crippen molar-refractivity contribution in [2.75, 3.05) is 6.54 Å². The van der Waals surface area contributed by atoms with Crippen LogP contribution in [-0.2, 0) is 4.74 Å². The normalized spacial score (nSPS) is 31.5. The van der Waals surface area contributed by atoms with Crippen LogP contribution >= 0.6 is 0 Å². The van der Waals surface area contributed by atoms with Gasteiger partial charge in [-0.15, -0.1) is 0 Å². The van der Waals surface area contributed by atoms with Gasteiger partial charge >= 0.3 is 0 Å². The molecule has 0 saturated carbocycles. The highest BCUT2D eigenvalue weighted by Gasteiger charge is 2.42. The molecule has 0 amide bonds. The minimum atomic E-state index is -0.166. The highest BCUT2D eigenvalue weighted by Crippen LogP contribution is 2.41. The number of aryl methyl sites for hydroxylation is 1. The van der Waals surface area contributed by atoms with E-state index in [2.05, 4.69) is 33.0 Å². The van der Waals surface area contributed by atoms with Crippen molar-refractivity contribution in [2.24, 2.45) is 11.8 Å². The summed E-state index contributed by atoms with van der Waals surface area (Å²) in [5.41, 5.74) is 2.20. The maximum atomic E-state index is 13.6. The number of benzene rings is 1. The molecule has 0 aromatic heterocycles. The summed E-state index contributed by atoms with van der Waals surface area (Å²) in [4.78, 5) is 0. The second-order valence-corrected chi connectivity index (χ2v) is 6.02. The van der Waals surface area contributed by atoms with Gasteiger partial charge in [-0.25, -0.2) is 4.39 Å². The molecule has 1 aromatic rings. The molecule has 1 saturated heterocycles. The standard InChI is InChI=1S/C17H26FNO/c1-6-19-17(15-9-14(18)8-7-10(15)2)16-11(3)12(4)20-13(16)5/h7-9,11-13,16-17,19H,6H2,1-5H3. The summed E-state index contributed by atoms with van der Waals surface area (Å²) in [5.74, 6) is 0.656. The van der Waals surface area contributed by atoms with Gasteiger partial charge < -0.3 is 10.1 Å². The highest BCUT2D eigenvalue weighted by atomic mass is 19.1. The van der Waals surface area contributed by atoms with E-state index in [0.29, 0.717) is 11.8 Å². The number of hydrogen-bond donors (Lipinski definition) is 1. The minimum Gasteiger partial charge on any atom is -0.375 e. The van der Waals surface area contributed by atoms with Crippen LogP contribution in [0.5, 0.6) is 0 Å². The fourth-order valence-electron chi connectivity index (χ4n) is 3.49. The maximum absolute atomic E-state index is 13.6. The summed E-state index contributed by atoms with van der Waals surface area (Å²) in [6.45, 7) is 11.5. The van der Waals surface area contributed by atoms with Crippen molar-refractivity contribution in [3.05, 3.63) is 35.1 Å². The Morgan fingerprint density at radius 1 is 1.25 bits per heavy atom. The Morgan fingerprint density at radius 2 is 1.95 bits per heavy atom. The van der Waals surface area contributed by atoms with Crippen molar-refractivity contribution in [3.63, 3.8) is 0 Å². The van der Waals surface area contributed by atoms with Crippen molar-refractivity contribution in [1.29, 1.82) is 0 Å². The number of ether oxygens (including phenoxy) is 1. The van der Waals surface area contributed by atoms with Gasteiger partial charge in [-0.2, -0.15) is 0 Å². The molecule has 1 fully saturated rings. The first-order valence-corrected chi connectivity index (χ1v) is 7.60. The smallest absolute Gasteiger partial charge is 0.123 e. The molecule has 2 nitrogen and oxygen atoms in total. The third kappa shape index (κ3) is 2.89. The fourth-order valence-corrected chi connectivity index (χ4v) is 3.49. The first-order chi connectivity index (χ1) is 9.45. The summed E-state index contributed by atoms with van der Waals surface area (Å²) < 4.78 is 19.6. The lowest BCUT2D eigenvalue weighted by Crippen LogP contribution is -2.35. The second-order valence-electron chi connectivity index (χ2n) is 6.02. The van der Waals surface area contributed by atoms with Crippen LogP contribution in [0.1, 0.15) is 44.9 Å². The zero-order valence-corrected chi connectivity index (χ0v) is 13.1. The molecule has 0 spiro atoms. The predicted molar refractivity (Wildman–Crippen MR) is 80.2 cm³/mol. The number of halogens is 1. The second kappa shape index (κ2) is 6.23. The van der Waals surface area contributed by atoms with E-state index in [1.165, 1.54) is 6.07 Å². The van der Waals surface area contributed by atoms with Crippen molar-refractivity contribution in [3.8, 4) is 0 Å². The molecule has 112 valence electrons. The summed E-state index contributed by atoms with van der Waals surface area (Å²) in [5, 5.41) is 3.54. The maximum Gasteiger partial charge on any atom is 0.123 e. The van der Waals surface area contributed by atoms with Gasteiger partial charge in [-0.3, -0.25) is 0 Å². The Balaban J connectivity index is 2.38. The molecular weight excluding hydrogens is 253 g/mol. The zero-order valence-electron chi connectivity index (χ0n) is 13.1. The van der Waals surface area contributed by atoms with Crippen molar-refractivity contribution < 1.29 is 9.13 Å². The van der Waals surface area contributed by atoms with Crippen LogP contribution in [0, 0.1) is 24.6 Å². The van der Waals surface area contributed by atoms with E-state index in [1.54, 1.807) is 6.07 Å². The van der Waals surface area contributed by atoms with Gasteiger partial charge in [0.15, 0.2) is 0 Å². The van der Waals surface area contributed by atoms with Crippen molar-refractivity contribution in [1.82, 2.24) is 5.32 Å². The van der Waals surface area contributed by atoms with Crippen LogP contribution in [0.15, 0.2) is 18.2 Å². The number of rotatable bonds is 4. The van der Waals surface area contributed by atoms with E-state index in [4.69, 9.17) is 4.74 Å². The lowest BCUT2D eigenvalue weighted by atomic mass is 9.79. The molecule has 1 N–H and O–H groups in total. The molecule has 1 aliphatic rings. The fraction of sp³-hybridized carbons (Fsp3) is 0.647. The molecular formula is C17H26FNO. The quantitative estimate of drug-likeness (QED) is 0.904. The molecule has 1 aliphatic heterocycles. The molecule has 5 unspecified atom stereocenters. The summed E-state index contributed by atoms with van der Waals surface area (Å²) in [6, 6.07) is 5.21. The van der Waals surface area contributed by atoms with Gasteiger partial charge in [0.1, 0.15) is 5.82 Å². The van der Waals surface area contributed by atoms with Crippen molar-refractivity contribution >= 4 is 0 Å². The molecule has 2 rings (SSSR count). The van der Waals surface area contributed by atoms with Crippen LogP contribution in [0.4, 0.5) is 4.39 Å². The molecule has 20 heavy (non-hydrogen) atoms. The van der Waals surface area contributed by atoms with E-state index in [1.807, 2.05) is 13.0 Å². The molecule has 3 heteroatoms. The van der Waals surface area contributed by atoms with Crippen LogP contribution in [0.2, 0.25) is 0 Å². The monoisotopic (exact) mass is 279 g/mol. The first-order valence-electron chi connectivity index (χ1n) is 7.60. The van der Waals surface area contributed by atoms with Gasteiger partial charge in [0.05, 0.1) is 12.2 Å². The topological polar surface area (TPSA) is 21.3 Å². The van der Waals surface area contributed by atoms with Crippen molar-refractivity contribution in [2.45, 2.75) is 52.9 Å². The van der Waals surface area contributed by atoms with Crippen LogP contribution in [-0.4, -0.2) is 18.8 Å². The zero-order chi connectivity index (χ0) is 14.9. The van der Waals surface area contributed by atoms with E-state index >= 15 is 0 Å². The summed E-state index contributed by atoms with van der Waals surface area (Å²) >= 11 is 0. The minimum absolute atomic E-state index is 0.144. The SMILES string of the molecule is CCNC(c1cc(F)ccc1C)C1C(C)OC(C)C1C.